The summed E-state index contributed by atoms with van der Waals surface area (Å²) < 4.78 is 2.85. The standard InChI is InChI=1S/C10H8BrN3S/c1-6-13-10(7(5-12)14(6)2)8-3-4-9(11)15-8/h3-4H,1-2H3. The number of rotatable bonds is 1. The first kappa shape index (κ1) is 10.4. The van der Waals surface area contributed by atoms with Gasteiger partial charge in [-0.1, -0.05) is 0 Å². The number of thiophene rings is 1. The van der Waals surface area contributed by atoms with Crippen LogP contribution >= 0.6 is 27.3 Å². The number of nitrogens with zero attached hydrogens (tertiary/aromatic N) is 3. The van der Waals surface area contributed by atoms with Crippen molar-refractivity contribution < 1.29 is 0 Å². The summed E-state index contributed by atoms with van der Waals surface area (Å²) in [4.78, 5) is 5.41. The molecule has 0 fully saturated rings. The summed E-state index contributed by atoms with van der Waals surface area (Å²) >= 11 is 4.98. The molecular formula is C10H8BrN3S. The average Bonchev–Trinajstić information content (AvgIpc) is 2.73. The van der Waals surface area contributed by atoms with Crippen LogP contribution in [0.3, 0.4) is 0 Å². The molecule has 3 nitrogen and oxygen atoms in total. The second-order valence-corrected chi connectivity index (χ2v) is 5.59. The van der Waals surface area contributed by atoms with Gasteiger partial charge in [0.1, 0.15) is 23.3 Å². The minimum Gasteiger partial charge on any atom is -0.323 e. The Morgan fingerprint density at radius 1 is 1.53 bits per heavy atom. The van der Waals surface area contributed by atoms with Crippen molar-refractivity contribution in [2.24, 2.45) is 7.05 Å². The van der Waals surface area contributed by atoms with Crippen LogP contribution in [0.25, 0.3) is 10.6 Å². The van der Waals surface area contributed by atoms with Crippen LogP contribution in [-0.4, -0.2) is 9.55 Å². The van der Waals surface area contributed by atoms with E-state index in [4.69, 9.17) is 5.26 Å². The summed E-state index contributed by atoms with van der Waals surface area (Å²) in [6, 6.07) is 6.12. The third kappa shape index (κ3) is 1.71. The molecule has 0 unspecified atom stereocenters. The Balaban J connectivity index is 2.64. The minimum absolute atomic E-state index is 0.613. The number of halogens is 1. The number of hydrogen-bond acceptors (Lipinski definition) is 3. The van der Waals surface area contributed by atoms with E-state index in [9.17, 15) is 0 Å². The Morgan fingerprint density at radius 3 is 2.80 bits per heavy atom. The highest BCUT2D eigenvalue weighted by Crippen LogP contribution is 2.32. The van der Waals surface area contributed by atoms with Crippen LogP contribution in [-0.2, 0) is 7.05 Å². The lowest BCUT2D eigenvalue weighted by atomic mass is 10.3. The Bertz CT molecular complexity index is 548. The highest BCUT2D eigenvalue weighted by molar-refractivity contribution is 9.11. The maximum Gasteiger partial charge on any atom is 0.148 e. The highest BCUT2D eigenvalue weighted by atomic mass is 79.9. The first-order valence-electron chi connectivity index (χ1n) is 4.32. The van der Waals surface area contributed by atoms with Crippen LogP contribution in [0.15, 0.2) is 15.9 Å². The van der Waals surface area contributed by atoms with Crippen molar-refractivity contribution in [2.75, 3.05) is 0 Å². The Kier molecular flexibility index (Phi) is 2.63. The van der Waals surface area contributed by atoms with E-state index < -0.39 is 0 Å². The molecule has 2 rings (SSSR count). The Hall–Kier alpha value is -1.12. The van der Waals surface area contributed by atoms with E-state index in [1.54, 1.807) is 11.3 Å². The summed E-state index contributed by atoms with van der Waals surface area (Å²) in [7, 11) is 1.85. The van der Waals surface area contributed by atoms with Gasteiger partial charge < -0.3 is 4.57 Å². The number of nitriles is 1. The molecule has 0 radical (unpaired) electrons. The van der Waals surface area contributed by atoms with E-state index >= 15 is 0 Å². The number of aromatic nitrogens is 2. The highest BCUT2D eigenvalue weighted by Gasteiger charge is 2.14. The normalized spacial score (nSPS) is 10.3. The van der Waals surface area contributed by atoms with Gasteiger partial charge in [0.05, 0.1) is 8.66 Å². The Labute approximate surface area is 100 Å². The van der Waals surface area contributed by atoms with Gasteiger partial charge in [-0.3, -0.25) is 0 Å². The monoisotopic (exact) mass is 281 g/mol. The molecule has 2 aromatic rings. The van der Waals surface area contributed by atoms with Gasteiger partial charge in [0.25, 0.3) is 0 Å². The summed E-state index contributed by atoms with van der Waals surface area (Å²) in [5.74, 6) is 0.853. The van der Waals surface area contributed by atoms with Gasteiger partial charge in [-0.15, -0.1) is 11.3 Å². The predicted molar refractivity (Wildman–Crippen MR) is 63.7 cm³/mol. The van der Waals surface area contributed by atoms with Gasteiger partial charge in [0.15, 0.2) is 0 Å². The zero-order chi connectivity index (χ0) is 11.0. The van der Waals surface area contributed by atoms with E-state index in [0.717, 1.165) is 20.2 Å². The molecular weight excluding hydrogens is 274 g/mol. The lowest BCUT2D eigenvalue weighted by Gasteiger charge is -1.94. The molecule has 0 aliphatic rings. The molecule has 2 heterocycles. The third-order valence-corrected chi connectivity index (χ3v) is 3.86. The second kappa shape index (κ2) is 3.80. The van der Waals surface area contributed by atoms with Gasteiger partial charge in [0, 0.05) is 7.05 Å². The van der Waals surface area contributed by atoms with Crippen molar-refractivity contribution >= 4 is 27.3 Å². The van der Waals surface area contributed by atoms with Gasteiger partial charge >= 0.3 is 0 Å². The van der Waals surface area contributed by atoms with Crippen molar-refractivity contribution in [1.82, 2.24) is 9.55 Å². The molecule has 5 heteroatoms. The van der Waals surface area contributed by atoms with Crippen molar-refractivity contribution in [3.05, 3.63) is 27.4 Å². The van der Waals surface area contributed by atoms with Crippen LogP contribution in [0, 0.1) is 18.3 Å². The van der Waals surface area contributed by atoms with E-state index in [1.807, 2.05) is 30.7 Å². The molecule has 0 atom stereocenters. The van der Waals surface area contributed by atoms with Crippen LogP contribution in [0.5, 0.6) is 0 Å². The van der Waals surface area contributed by atoms with Gasteiger partial charge in [-0.05, 0) is 35.0 Å². The summed E-state index contributed by atoms with van der Waals surface area (Å²) in [5, 5.41) is 9.06. The number of hydrogen-bond donors (Lipinski definition) is 0. The Morgan fingerprint density at radius 2 is 2.27 bits per heavy atom. The van der Waals surface area contributed by atoms with Crippen molar-refractivity contribution in [2.45, 2.75) is 6.92 Å². The zero-order valence-electron chi connectivity index (χ0n) is 8.28. The van der Waals surface area contributed by atoms with Crippen LogP contribution in [0.4, 0.5) is 0 Å². The van der Waals surface area contributed by atoms with Crippen LogP contribution in [0.1, 0.15) is 11.5 Å². The molecule has 15 heavy (non-hydrogen) atoms. The van der Waals surface area contributed by atoms with E-state index in [2.05, 4.69) is 27.0 Å². The van der Waals surface area contributed by atoms with Gasteiger partial charge in [-0.2, -0.15) is 5.26 Å². The fraction of sp³-hybridized carbons (Fsp3) is 0.200. The molecule has 0 aliphatic heterocycles. The lowest BCUT2D eigenvalue weighted by molar-refractivity contribution is 0.845. The lowest BCUT2D eigenvalue weighted by Crippen LogP contribution is -1.94. The number of imidazole rings is 1. The molecule has 0 spiro atoms. The van der Waals surface area contributed by atoms with Crippen molar-refractivity contribution in [3.8, 4) is 16.6 Å². The molecule has 0 N–H and O–H groups in total. The third-order valence-electron chi connectivity index (χ3n) is 2.23. The van der Waals surface area contributed by atoms with Crippen LogP contribution < -0.4 is 0 Å². The quantitative estimate of drug-likeness (QED) is 0.806. The maximum absolute atomic E-state index is 9.06. The number of aryl methyl sites for hydroxylation is 1. The van der Waals surface area contributed by atoms with E-state index in [-0.39, 0.29) is 0 Å². The fourth-order valence-corrected chi connectivity index (χ4v) is 2.73. The molecule has 0 aliphatic carbocycles. The molecule has 0 bridgehead atoms. The van der Waals surface area contributed by atoms with Gasteiger partial charge in [-0.25, -0.2) is 4.98 Å². The van der Waals surface area contributed by atoms with E-state index in [1.165, 1.54) is 0 Å². The molecule has 2 aromatic heterocycles. The predicted octanol–water partition coefficient (Wildman–Crippen LogP) is 3.09. The summed E-state index contributed by atoms with van der Waals surface area (Å²) in [6.07, 6.45) is 0. The summed E-state index contributed by atoms with van der Waals surface area (Å²) in [5.41, 5.74) is 1.38. The molecule has 0 amide bonds. The smallest absolute Gasteiger partial charge is 0.148 e. The minimum atomic E-state index is 0.613. The molecule has 0 saturated carbocycles. The van der Waals surface area contributed by atoms with Crippen molar-refractivity contribution in [3.63, 3.8) is 0 Å². The first-order valence-corrected chi connectivity index (χ1v) is 5.93. The topological polar surface area (TPSA) is 41.6 Å². The first-order chi connectivity index (χ1) is 7.13. The molecule has 0 aromatic carbocycles. The molecule has 76 valence electrons. The SMILES string of the molecule is Cc1nc(-c2ccc(Br)s2)c(C#N)n1C. The fourth-order valence-electron chi connectivity index (χ4n) is 1.35. The zero-order valence-corrected chi connectivity index (χ0v) is 10.7. The van der Waals surface area contributed by atoms with Crippen molar-refractivity contribution in [1.29, 1.82) is 5.26 Å². The summed E-state index contributed by atoms with van der Waals surface area (Å²) in [6.45, 7) is 1.90. The molecule has 0 saturated heterocycles. The second-order valence-electron chi connectivity index (χ2n) is 3.13. The van der Waals surface area contributed by atoms with Gasteiger partial charge in [0.2, 0.25) is 0 Å². The van der Waals surface area contributed by atoms with Crippen LogP contribution in [0.2, 0.25) is 0 Å². The largest absolute Gasteiger partial charge is 0.323 e. The average molecular weight is 282 g/mol. The maximum atomic E-state index is 9.06. The van der Waals surface area contributed by atoms with E-state index in [0.29, 0.717) is 5.69 Å².